The number of aliphatic hydroxyl groups is 4. The summed E-state index contributed by atoms with van der Waals surface area (Å²) in [5.41, 5.74) is 0. The van der Waals surface area contributed by atoms with Crippen LogP contribution in [0.3, 0.4) is 0 Å². The van der Waals surface area contributed by atoms with E-state index in [0.717, 1.165) is 51.4 Å². The molecule has 1 rings (SSSR count). The predicted molar refractivity (Wildman–Crippen MR) is 195 cm³/mol. The number of hydrogen-bond donors (Lipinski definition) is 6. The summed E-state index contributed by atoms with van der Waals surface area (Å²) in [6.45, 7) is 3.39. The van der Waals surface area contributed by atoms with Crippen LogP contribution in [0.1, 0.15) is 174 Å². The summed E-state index contributed by atoms with van der Waals surface area (Å²) in [6, 6.07) is -0.848. The number of hydrogen-bond acceptors (Lipinski definition) is 10. The minimum absolute atomic E-state index is 0.231. The minimum atomic E-state index is -5.06. The van der Waals surface area contributed by atoms with Gasteiger partial charge in [0.05, 0.1) is 25.4 Å². The third-order valence-corrected chi connectivity index (χ3v) is 10.1. The molecule has 0 radical (unpaired) electrons. The maximum atomic E-state index is 12.9. The molecule has 1 fully saturated rings. The third-order valence-electron chi connectivity index (χ3n) is 9.67. The number of carbonyl (C=O) groups excluding carboxylic acids is 1. The number of nitrogens with one attached hydrogen (secondary N) is 1. The lowest BCUT2D eigenvalue weighted by molar-refractivity contribution is -0.298. The van der Waals surface area contributed by atoms with Crippen molar-refractivity contribution in [3.8, 4) is 0 Å². The molecule has 1 heterocycles. The number of unbranched alkanes of at least 4 members (excludes halogenated alkanes) is 21. The number of carbonyl (C=O) groups is 1. The van der Waals surface area contributed by atoms with Gasteiger partial charge in [0.25, 0.3) is 0 Å². The second kappa shape index (κ2) is 29.5. The van der Waals surface area contributed by atoms with Gasteiger partial charge in [-0.15, -0.1) is 0 Å². The van der Waals surface area contributed by atoms with Crippen molar-refractivity contribution in [1.29, 1.82) is 0 Å². The number of aliphatic hydroxyl groups excluding tert-OH is 4. The van der Waals surface area contributed by atoms with Gasteiger partial charge in [-0.1, -0.05) is 155 Å². The Bertz CT molecular complexity index is 925. The smallest absolute Gasteiger partial charge is 0.394 e. The third kappa shape index (κ3) is 22.9. The molecule has 50 heavy (non-hydrogen) atoms. The Morgan fingerprint density at radius 3 is 1.60 bits per heavy atom. The zero-order valence-electron chi connectivity index (χ0n) is 31.2. The highest BCUT2D eigenvalue weighted by atomic mass is 32.3. The molecular weight excluding hydrogens is 666 g/mol. The van der Waals surface area contributed by atoms with Crippen molar-refractivity contribution in [2.75, 3.05) is 13.2 Å². The first kappa shape index (κ1) is 47.1. The first-order chi connectivity index (χ1) is 24.0. The Morgan fingerprint density at radius 2 is 1.16 bits per heavy atom. The molecule has 13 heteroatoms. The van der Waals surface area contributed by atoms with E-state index in [1.165, 1.54) is 96.3 Å². The van der Waals surface area contributed by atoms with Crippen LogP contribution >= 0.6 is 0 Å². The van der Waals surface area contributed by atoms with E-state index in [1.807, 2.05) is 0 Å². The van der Waals surface area contributed by atoms with Crippen molar-refractivity contribution in [1.82, 2.24) is 5.32 Å². The van der Waals surface area contributed by atoms with Gasteiger partial charge in [0.1, 0.15) is 24.4 Å². The van der Waals surface area contributed by atoms with E-state index in [1.54, 1.807) is 0 Å². The molecule has 0 saturated carbocycles. The molecule has 1 amide bonds. The van der Waals surface area contributed by atoms with Gasteiger partial charge in [-0.05, 0) is 12.8 Å². The molecule has 0 aromatic rings. The lowest BCUT2D eigenvalue weighted by Gasteiger charge is -2.41. The van der Waals surface area contributed by atoms with Crippen LogP contribution in [0.4, 0.5) is 0 Å². The zero-order chi connectivity index (χ0) is 37.0. The molecule has 0 aromatic heterocycles. The van der Waals surface area contributed by atoms with Gasteiger partial charge in [0.15, 0.2) is 6.29 Å². The van der Waals surface area contributed by atoms with Gasteiger partial charge in [-0.3, -0.25) is 9.35 Å². The summed E-state index contributed by atoms with van der Waals surface area (Å²) in [6.07, 6.45) is 18.4. The fourth-order valence-electron chi connectivity index (χ4n) is 6.52. The van der Waals surface area contributed by atoms with E-state index >= 15 is 0 Å². The zero-order valence-corrected chi connectivity index (χ0v) is 32.0. The molecule has 0 aromatic carbocycles. The Hall–Kier alpha value is -0.900. The van der Waals surface area contributed by atoms with Crippen LogP contribution < -0.4 is 5.32 Å². The quantitative estimate of drug-likeness (QED) is 0.0329. The summed E-state index contributed by atoms with van der Waals surface area (Å²) in [5, 5.41) is 44.5. The molecule has 0 aliphatic carbocycles. The molecule has 1 aliphatic rings. The second-order valence-corrected chi connectivity index (χ2v) is 15.3. The molecule has 0 spiro atoms. The molecule has 1 aliphatic heterocycles. The summed E-state index contributed by atoms with van der Waals surface area (Å²) in [5.74, 6) is -0.231. The normalized spacial score (nSPS) is 22.4. The number of rotatable bonds is 33. The maximum absolute atomic E-state index is 12.9. The number of ether oxygens (including phenoxy) is 2. The maximum Gasteiger partial charge on any atom is 0.397 e. The summed E-state index contributed by atoms with van der Waals surface area (Å²) < 4.78 is 47.4. The second-order valence-electron chi connectivity index (χ2n) is 14.2. The molecule has 12 nitrogen and oxygen atoms in total. The molecule has 0 bridgehead atoms. The van der Waals surface area contributed by atoms with E-state index in [9.17, 15) is 33.6 Å². The Kier molecular flexibility index (Phi) is 27.8. The summed E-state index contributed by atoms with van der Waals surface area (Å²) >= 11 is 0. The Morgan fingerprint density at radius 1 is 0.720 bits per heavy atom. The largest absolute Gasteiger partial charge is 0.397 e. The predicted octanol–water partition coefficient (Wildman–Crippen LogP) is 6.27. The Labute approximate surface area is 303 Å². The minimum Gasteiger partial charge on any atom is -0.394 e. The topological polar surface area (TPSA) is 192 Å². The van der Waals surface area contributed by atoms with Gasteiger partial charge in [0.2, 0.25) is 5.91 Å². The van der Waals surface area contributed by atoms with Gasteiger partial charge in [-0.2, -0.15) is 8.42 Å². The van der Waals surface area contributed by atoms with E-state index < -0.39 is 59.9 Å². The van der Waals surface area contributed by atoms with E-state index in [-0.39, 0.29) is 12.5 Å². The molecule has 6 N–H and O–H groups in total. The van der Waals surface area contributed by atoms with E-state index in [2.05, 4.69) is 23.3 Å². The number of amides is 1. The lowest BCUT2D eigenvalue weighted by Crippen LogP contribution is -2.61. The van der Waals surface area contributed by atoms with Crippen molar-refractivity contribution in [2.24, 2.45) is 0 Å². The van der Waals surface area contributed by atoms with E-state index in [0.29, 0.717) is 12.8 Å². The Balaban J connectivity index is 2.56. The van der Waals surface area contributed by atoms with Crippen LogP contribution in [0.15, 0.2) is 0 Å². The lowest BCUT2D eigenvalue weighted by atomic mass is 9.99. The van der Waals surface area contributed by atoms with Crippen LogP contribution in [-0.2, 0) is 28.9 Å². The monoisotopic (exact) mass is 739 g/mol. The van der Waals surface area contributed by atoms with Crippen LogP contribution in [0, 0.1) is 0 Å². The van der Waals surface area contributed by atoms with Gasteiger partial charge in [0, 0.05) is 6.42 Å². The van der Waals surface area contributed by atoms with Crippen molar-refractivity contribution in [3.63, 3.8) is 0 Å². The van der Waals surface area contributed by atoms with Crippen molar-refractivity contribution in [2.45, 2.75) is 217 Å². The summed E-state index contributed by atoms with van der Waals surface area (Å²) in [7, 11) is -5.06. The molecule has 7 unspecified atom stereocenters. The van der Waals surface area contributed by atoms with Gasteiger partial charge in [-0.25, -0.2) is 4.18 Å². The van der Waals surface area contributed by atoms with Gasteiger partial charge >= 0.3 is 10.4 Å². The SMILES string of the molecule is CCCCCCCCCCCCCCCCC(=O)NC(COC1OC(CO)C(O)C(OS(=O)(=O)O)C1O)C(O)CCCCCCCCCCC. The fourth-order valence-corrected chi connectivity index (χ4v) is 7.03. The van der Waals surface area contributed by atoms with Crippen LogP contribution in [0.25, 0.3) is 0 Å². The highest BCUT2D eigenvalue weighted by molar-refractivity contribution is 7.80. The van der Waals surface area contributed by atoms with Crippen molar-refractivity contribution >= 4 is 16.3 Å². The molecule has 1 saturated heterocycles. The molecular formula is C37H73NO11S. The molecule has 7 atom stereocenters. The van der Waals surface area contributed by atoms with Gasteiger partial charge < -0.3 is 35.2 Å². The van der Waals surface area contributed by atoms with E-state index in [4.69, 9.17) is 14.0 Å². The van der Waals surface area contributed by atoms with Crippen LogP contribution in [-0.4, -0.2) is 95.4 Å². The highest BCUT2D eigenvalue weighted by Gasteiger charge is 2.48. The molecule has 298 valence electrons. The van der Waals surface area contributed by atoms with Crippen LogP contribution in [0.2, 0.25) is 0 Å². The van der Waals surface area contributed by atoms with Crippen LogP contribution in [0.5, 0.6) is 0 Å². The first-order valence-electron chi connectivity index (χ1n) is 19.9. The first-order valence-corrected chi connectivity index (χ1v) is 21.3. The standard InChI is InChI=1S/C37H73NO11S/c1-3-5-7-9-11-13-14-15-16-17-19-21-23-25-27-33(41)38-30(31(40)26-24-22-20-18-12-10-8-6-4-2)29-47-37-35(43)36(49-50(44,45)46)34(42)32(28-39)48-37/h30-32,34-37,39-40,42-43H,3-29H2,1-2H3,(H,38,41)(H,44,45,46). The average molecular weight is 740 g/mol. The van der Waals surface area contributed by atoms with Crippen molar-refractivity contribution < 1.29 is 51.8 Å². The van der Waals surface area contributed by atoms with Crippen molar-refractivity contribution in [3.05, 3.63) is 0 Å². The average Bonchev–Trinajstić information content (AvgIpc) is 3.08. The fraction of sp³-hybridized carbons (Fsp3) is 0.973. The summed E-state index contributed by atoms with van der Waals surface area (Å²) in [4.78, 5) is 12.9. The highest BCUT2D eigenvalue weighted by Crippen LogP contribution is 2.26.